The van der Waals surface area contributed by atoms with Gasteiger partial charge in [0.15, 0.2) is 0 Å². The summed E-state index contributed by atoms with van der Waals surface area (Å²) < 4.78 is 10.6. The van der Waals surface area contributed by atoms with Crippen molar-refractivity contribution < 1.29 is 14.3 Å². The maximum atomic E-state index is 13.5. The van der Waals surface area contributed by atoms with Gasteiger partial charge < -0.3 is 14.4 Å². The number of fused-ring (bicyclic) bond motifs is 1. The number of carbonyl (C=O) groups excluding carboxylic acids is 1. The first-order chi connectivity index (χ1) is 13.2. The highest BCUT2D eigenvalue weighted by Crippen LogP contribution is 2.39. The van der Waals surface area contributed by atoms with Crippen LogP contribution in [-0.2, 0) is 6.42 Å². The zero-order chi connectivity index (χ0) is 18.8. The molecule has 6 nitrogen and oxygen atoms in total. The van der Waals surface area contributed by atoms with Gasteiger partial charge in [0.25, 0.3) is 5.91 Å². The van der Waals surface area contributed by atoms with Crippen molar-refractivity contribution in [2.24, 2.45) is 0 Å². The van der Waals surface area contributed by atoms with Gasteiger partial charge in [-0.15, -0.1) is 0 Å². The van der Waals surface area contributed by atoms with Crippen LogP contribution in [0.1, 0.15) is 27.7 Å². The van der Waals surface area contributed by atoms with E-state index in [2.05, 4.69) is 9.97 Å². The third-order valence-electron chi connectivity index (χ3n) is 4.66. The molecule has 1 aliphatic rings. The van der Waals surface area contributed by atoms with E-state index < -0.39 is 0 Å². The summed E-state index contributed by atoms with van der Waals surface area (Å²) in [5.41, 5.74) is 2.87. The van der Waals surface area contributed by atoms with E-state index >= 15 is 0 Å². The smallest absolute Gasteiger partial charge is 0.319 e. The highest BCUT2D eigenvalue weighted by Gasteiger charge is 2.38. The number of carbonyl (C=O) groups is 1. The number of para-hydroxylation sites is 1. The Labute approximate surface area is 157 Å². The van der Waals surface area contributed by atoms with Gasteiger partial charge in [-0.2, -0.15) is 9.97 Å². The quantitative estimate of drug-likeness (QED) is 0.712. The number of anilines is 1. The lowest BCUT2D eigenvalue weighted by Gasteiger charge is -2.36. The molecule has 3 aromatic rings. The van der Waals surface area contributed by atoms with Crippen LogP contribution in [0.3, 0.4) is 0 Å². The van der Waals surface area contributed by atoms with Crippen molar-refractivity contribution >= 4 is 11.6 Å². The number of nitrogens with zero attached hydrogens (tertiary/aromatic N) is 3. The van der Waals surface area contributed by atoms with Crippen LogP contribution in [-0.4, -0.2) is 30.1 Å². The standard InChI is InChI=1S/C21H19N3O3/c1-26-19-18-16(22-21(23-19)27-2)13-17(14-9-5-3-6-10-14)24(20(18)25)15-11-7-4-8-12-15/h3-12,17H,13H2,1-2H3. The predicted octanol–water partition coefficient (Wildman–Crippen LogP) is 3.44. The Hall–Kier alpha value is -3.41. The van der Waals surface area contributed by atoms with Crippen LogP contribution in [0, 0.1) is 0 Å². The Kier molecular flexibility index (Phi) is 4.46. The van der Waals surface area contributed by atoms with Crippen molar-refractivity contribution in [3.05, 3.63) is 77.5 Å². The fourth-order valence-corrected chi connectivity index (χ4v) is 3.43. The molecule has 0 saturated carbocycles. The van der Waals surface area contributed by atoms with Crippen molar-refractivity contribution in [3.8, 4) is 11.9 Å². The van der Waals surface area contributed by atoms with E-state index in [0.29, 0.717) is 17.7 Å². The molecule has 136 valence electrons. The first kappa shape index (κ1) is 17.0. The molecular formula is C21H19N3O3. The monoisotopic (exact) mass is 361 g/mol. The summed E-state index contributed by atoms with van der Waals surface area (Å²) in [5.74, 6) is 0.0464. The molecule has 0 N–H and O–H groups in total. The van der Waals surface area contributed by atoms with Gasteiger partial charge in [-0.05, 0) is 17.7 Å². The maximum Gasteiger partial charge on any atom is 0.319 e. The Balaban J connectivity index is 1.91. The Bertz CT molecular complexity index is 961. The molecular weight excluding hydrogens is 342 g/mol. The fraction of sp³-hybridized carbons (Fsp3) is 0.190. The lowest BCUT2D eigenvalue weighted by Crippen LogP contribution is -2.41. The molecule has 0 spiro atoms. The molecule has 1 atom stereocenters. The number of rotatable bonds is 4. The molecule has 0 aliphatic carbocycles. The summed E-state index contributed by atoms with van der Waals surface area (Å²) >= 11 is 0. The molecule has 0 bridgehead atoms. The molecule has 6 heteroatoms. The molecule has 4 rings (SSSR count). The average molecular weight is 361 g/mol. The van der Waals surface area contributed by atoms with Gasteiger partial charge in [0, 0.05) is 12.1 Å². The number of benzene rings is 2. The third kappa shape index (κ3) is 2.99. The highest BCUT2D eigenvalue weighted by molar-refractivity contribution is 6.10. The highest BCUT2D eigenvalue weighted by atomic mass is 16.5. The normalized spacial score (nSPS) is 16.0. The number of hydrogen-bond donors (Lipinski definition) is 0. The first-order valence-corrected chi connectivity index (χ1v) is 8.65. The van der Waals surface area contributed by atoms with E-state index in [1.165, 1.54) is 14.2 Å². The SMILES string of the molecule is COc1nc2c(c(OC)n1)C(=O)N(c1ccccc1)C(c1ccccc1)C2. The second kappa shape index (κ2) is 7.07. The topological polar surface area (TPSA) is 64.5 Å². The number of hydrogen-bond acceptors (Lipinski definition) is 5. The van der Waals surface area contributed by atoms with Crippen LogP contribution >= 0.6 is 0 Å². The van der Waals surface area contributed by atoms with Gasteiger partial charge in [-0.1, -0.05) is 48.5 Å². The van der Waals surface area contributed by atoms with E-state index in [1.807, 2.05) is 60.7 Å². The second-order valence-electron chi connectivity index (χ2n) is 6.18. The van der Waals surface area contributed by atoms with Gasteiger partial charge in [0.05, 0.1) is 26.0 Å². The lowest BCUT2D eigenvalue weighted by molar-refractivity contribution is 0.0961. The molecule has 0 fully saturated rings. The van der Waals surface area contributed by atoms with E-state index in [4.69, 9.17) is 9.47 Å². The third-order valence-corrected chi connectivity index (χ3v) is 4.66. The lowest BCUT2D eigenvalue weighted by atomic mass is 9.92. The van der Waals surface area contributed by atoms with Gasteiger partial charge in [0.2, 0.25) is 5.88 Å². The van der Waals surface area contributed by atoms with Gasteiger partial charge in [-0.3, -0.25) is 4.79 Å². The summed E-state index contributed by atoms with van der Waals surface area (Å²) in [4.78, 5) is 23.9. The molecule has 27 heavy (non-hydrogen) atoms. The van der Waals surface area contributed by atoms with Crippen molar-refractivity contribution in [2.75, 3.05) is 19.1 Å². The van der Waals surface area contributed by atoms with E-state index in [-0.39, 0.29) is 23.8 Å². The molecule has 0 saturated heterocycles. The minimum atomic E-state index is -0.184. The van der Waals surface area contributed by atoms with Crippen molar-refractivity contribution in [2.45, 2.75) is 12.5 Å². The van der Waals surface area contributed by atoms with Crippen LogP contribution in [0.25, 0.3) is 0 Å². The van der Waals surface area contributed by atoms with E-state index in [0.717, 1.165) is 11.3 Å². The molecule has 0 radical (unpaired) electrons. The molecule has 1 aromatic heterocycles. The second-order valence-corrected chi connectivity index (χ2v) is 6.18. The molecule has 2 aromatic carbocycles. The minimum Gasteiger partial charge on any atom is -0.480 e. The Morgan fingerprint density at radius 3 is 2.22 bits per heavy atom. The van der Waals surface area contributed by atoms with Crippen LogP contribution in [0.4, 0.5) is 5.69 Å². The zero-order valence-corrected chi connectivity index (χ0v) is 15.1. The molecule has 1 amide bonds. The molecule has 2 heterocycles. The van der Waals surface area contributed by atoms with Gasteiger partial charge >= 0.3 is 6.01 Å². The summed E-state index contributed by atoms with van der Waals surface area (Å²) in [6.45, 7) is 0. The summed E-state index contributed by atoms with van der Waals surface area (Å²) in [5, 5.41) is 0. The average Bonchev–Trinajstić information content (AvgIpc) is 2.73. The first-order valence-electron chi connectivity index (χ1n) is 8.65. The fourth-order valence-electron chi connectivity index (χ4n) is 3.43. The Morgan fingerprint density at radius 2 is 1.59 bits per heavy atom. The van der Waals surface area contributed by atoms with Crippen molar-refractivity contribution in [3.63, 3.8) is 0 Å². The van der Waals surface area contributed by atoms with Crippen LogP contribution in [0.5, 0.6) is 11.9 Å². The largest absolute Gasteiger partial charge is 0.480 e. The van der Waals surface area contributed by atoms with Crippen molar-refractivity contribution in [1.82, 2.24) is 9.97 Å². The molecule has 1 unspecified atom stereocenters. The number of ether oxygens (including phenoxy) is 2. The molecule has 1 aliphatic heterocycles. The minimum absolute atomic E-state index is 0.182. The summed E-state index contributed by atoms with van der Waals surface area (Å²) in [7, 11) is 2.99. The van der Waals surface area contributed by atoms with E-state index in [9.17, 15) is 4.79 Å². The summed E-state index contributed by atoms with van der Waals surface area (Å²) in [6.07, 6.45) is 0.537. The van der Waals surface area contributed by atoms with Gasteiger partial charge in [-0.25, -0.2) is 0 Å². The van der Waals surface area contributed by atoms with Gasteiger partial charge in [0.1, 0.15) is 5.56 Å². The predicted molar refractivity (Wildman–Crippen MR) is 101 cm³/mol. The van der Waals surface area contributed by atoms with Crippen LogP contribution < -0.4 is 14.4 Å². The maximum absolute atomic E-state index is 13.5. The summed E-state index contributed by atoms with van der Waals surface area (Å²) in [6, 6.07) is 19.6. The zero-order valence-electron chi connectivity index (χ0n) is 15.1. The van der Waals surface area contributed by atoms with Crippen LogP contribution in [0.2, 0.25) is 0 Å². The Morgan fingerprint density at radius 1 is 0.926 bits per heavy atom. The van der Waals surface area contributed by atoms with E-state index in [1.54, 1.807) is 4.90 Å². The van der Waals surface area contributed by atoms with Crippen LogP contribution in [0.15, 0.2) is 60.7 Å². The number of methoxy groups -OCH3 is 2. The number of amides is 1. The van der Waals surface area contributed by atoms with Crippen molar-refractivity contribution in [1.29, 1.82) is 0 Å². The number of aromatic nitrogens is 2.